The van der Waals surface area contributed by atoms with Crippen molar-refractivity contribution in [2.24, 2.45) is 11.3 Å². The molecule has 2 rings (SSSR count). The zero-order chi connectivity index (χ0) is 15.1. The Balaban J connectivity index is 1.79. The van der Waals surface area contributed by atoms with Gasteiger partial charge >= 0.3 is 0 Å². The molecule has 0 saturated heterocycles. The number of halogens is 1. The molecule has 1 aromatic rings. The van der Waals surface area contributed by atoms with Gasteiger partial charge in [-0.2, -0.15) is 0 Å². The van der Waals surface area contributed by atoms with Crippen LogP contribution in [-0.4, -0.2) is 19.7 Å². The van der Waals surface area contributed by atoms with Crippen molar-refractivity contribution in [3.05, 3.63) is 28.7 Å². The lowest BCUT2D eigenvalue weighted by molar-refractivity contribution is 0.191. The van der Waals surface area contributed by atoms with Crippen LogP contribution < -0.4 is 10.1 Å². The van der Waals surface area contributed by atoms with Crippen molar-refractivity contribution in [2.45, 2.75) is 46.0 Å². The van der Waals surface area contributed by atoms with E-state index in [4.69, 9.17) is 4.74 Å². The molecule has 1 aliphatic carbocycles. The van der Waals surface area contributed by atoms with E-state index in [0.717, 1.165) is 42.3 Å². The van der Waals surface area contributed by atoms with Crippen molar-refractivity contribution in [3.8, 4) is 5.75 Å². The maximum absolute atomic E-state index is 5.94. The molecule has 0 aliphatic heterocycles. The molecule has 1 aromatic carbocycles. The van der Waals surface area contributed by atoms with Crippen LogP contribution in [0.3, 0.4) is 0 Å². The predicted octanol–water partition coefficient (Wildman–Crippen LogP) is 5.02. The molecule has 0 spiro atoms. The van der Waals surface area contributed by atoms with Crippen LogP contribution in [0.4, 0.5) is 0 Å². The van der Waals surface area contributed by atoms with Crippen molar-refractivity contribution in [2.75, 3.05) is 19.7 Å². The maximum Gasteiger partial charge on any atom is 0.120 e. The first-order valence-electron chi connectivity index (χ1n) is 8.19. The molecule has 1 saturated carbocycles. The number of rotatable bonds is 8. The van der Waals surface area contributed by atoms with Crippen molar-refractivity contribution < 1.29 is 4.74 Å². The molecule has 0 heterocycles. The molecular weight excluding hydrogens is 326 g/mol. The first-order valence-corrected chi connectivity index (χ1v) is 8.98. The molecule has 0 radical (unpaired) electrons. The van der Waals surface area contributed by atoms with Crippen LogP contribution in [0.25, 0.3) is 0 Å². The molecule has 1 aliphatic rings. The Bertz CT molecular complexity index is 427. The van der Waals surface area contributed by atoms with E-state index >= 15 is 0 Å². The smallest absolute Gasteiger partial charge is 0.120 e. The number of ether oxygens (including phenoxy) is 1. The molecule has 0 bridgehead atoms. The summed E-state index contributed by atoms with van der Waals surface area (Å²) in [5.74, 6) is 1.69. The minimum absolute atomic E-state index is 0.459. The third-order valence-corrected chi connectivity index (χ3v) is 4.91. The summed E-state index contributed by atoms with van der Waals surface area (Å²) in [5.41, 5.74) is 0.459. The summed E-state index contributed by atoms with van der Waals surface area (Å²) in [6.07, 6.45) is 6.60. The third-order valence-electron chi connectivity index (χ3n) is 4.41. The molecule has 1 fully saturated rings. The molecule has 1 N–H and O–H groups in total. The Morgan fingerprint density at radius 2 is 2.05 bits per heavy atom. The summed E-state index contributed by atoms with van der Waals surface area (Å²) in [6.45, 7) is 7.62. The second-order valence-electron chi connectivity index (χ2n) is 6.79. The van der Waals surface area contributed by atoms with E-state index in [1.807, 2.05) is 24.3 Å². The standard InChI is InChI=1S/C18H28BrNO/c1-15(2)13-20-14-18(8-3-4-9-18)10-11-21-17-7-5-6-16(19)12-17/h5-7,12,15,20H,3-4,8-11,13-14H2,1-2H3. The van der Waals surface area contributed by atoms with E-state index in [1.165, 1.54) is 25.7 Å². The number of nitrogens with one attached hydrogen (secondary N) is 1. The summed E-state index contributed by atoms with van der Waals surface area (Å²) >= 11 is 3.49. The highest BCUT2D eigenvalue weighted by molar-refractivity contribution is 9.10. The van der Waals surface area contributed by atoms with Crippen LogP contribution >= 0.6 is 15.9 Å². The topological polar surface area (TPSA) is 21.3 Å². The fourth-order valence-corrected chi connectivity index (χ4v) is 3.59. The Morgan fingerprint density at radius 3 is 2.71 bits per heavy atom. The average Bonchev–Trinajstić information content (AvgIpc) is 2.87. The quantitative estimate of drug-likeness (QED) is 0.707. The number of hydrogen-bond acceptors (Lipinski definition) is 2. The molecule has 0 unspecified atom stereocenters. The summed E-state index contributed by atoms with van der Waals surface area (Å²) in [6, 6.07) is 8.12. The molecule has 0 aromatic heterocycles. The van der Waals surface area contributed by atoms with Gasteiger partial charge < -0.3 is 10.1 Å². The summed E-state index contributed by atoms with van der Waals surface area (Å²) in [5, 5.41) is 3.66. The minimum atomic E-state index is 0.459. The molecule has 0 atom stereocenters. The summed E-state index contributed by atoms with van der Waals surface area (Å²) in [4.78, 5) is 0. The maximum atomic E-state index is 5.94. The predicted molar refractivity (Wildman–Crippen MR) is 92.9 cm³/mol. The monoisotopic (exact) mass is 353 g/mol. The second kappa shape index (κ2) is 8.19. The highest BCUT2D eigenvalue weighted by Crippen LogP contribution is 2.40. The van der Waals surface area contributed by atoms with Crippen molar-refractivity contribution >= 4 is 15.9 Å². The van der Waals surface area contributed by atoms with Crippen LogP contribution in [0.5, 0.6) is 5.75 Å². The SMILES string of the molecule is CC(C)CNCC1(CCOc2cccc(Br)c2)CCCC1. The number of benzene rings is 1. The molecule has 118 valence electrons. The van der Waals surface area contributed by atoms with Crippen LogP contribution in [-0.2, 0) is 0 Å². The van der Waals surface area contributed by atoms with Gasteiger partial charge in [-0.05, 0) is 55.3 Å². The zero-order valence-electron chi connectivity index (χ0n) is 13.3. The zero-order valence-corrected chi connectivity index (χ0v) is 14.9. The van der Waals surface area contributed by atoms with Gasteiger partial charge in [0.15, 0.2) is 0 Å². The fourth-order valence-electron chi connectivity index (χ4n) is 3.21. The fraction of sp³-hybridized carbons (Fsp3) is 0.667. The Kier molecular flexibility index (Phi) is 6.56. The van der Waals surface area contributed by atoms with Crippen LogP contribution in [0, 0.1) is 11.3 Å². The van der Waals surface area contributed by atoms with Gasteiger partial charge in [0.05, 0.1) is 6.61 Å². The van der Waals surface area contributed by atoms with Gasteiger partial charge in [0.1, 0.15) is 5.75 Å². The Morgan fingerprint density at radius 1 is 1.29 bits per heavy atom. The van der Waals surface area contributed by atoms with Crippen molar-refractivity contribution in [1.29, 1.82) is 0 Å². The third kappa shape index (κ3) is 5.63. The first kappa shape index (κ1) is 16.8. The van der Waals surface area contributed by atoms with Crippen molar-refractivity contribution in [3.63, 3.8) is 0 Å². The van der Waals surface area contributed by atoms with Crippen LogP contribution in [0.1, 0.15) is 46.0 Å². The highest BCUT2D eigenvalue weighted by Gasteiger charge is 2.33. The average molecular weight is 354 g/mol. The van der Waals surface area contributed by atoms with Gasteiger partial charge in [0.2, 0.25) is 0 Å². The van der Waals surface area contributed by atoms with E-state index in [0.29, 0.717) is 5.41 Å². The van der Waals surface area contributed by atoms with Crippen LogP contribution in [0.15, 0.2) is 28.7 Å². The molecule has 21 heavy (non-hydrogen) atoms. The van der Waals surface area contributed by atoms with Gasteiger partial charge in [-0.3, -0.25) is 0 Å². The highest BCUT2D eigenvalue weighted by atomic mass is 79.9. The molecular formula is C18H28BrNO. The largest absolute Gasteiger partial charge is 0.494 e. The lowest BCUT2D eigenvalue weighted by Crippen LogP contribution is -2.35. The van der Waals surface area contributed by atoms with Gasteiger partial charge in [-0.25, -0.2) is 0 Å². The van der Waals surface area contributed by atoms with Gasteiger partial charge in [0, 0.05) is 11.0 Å². The number of hydrogen-bond donors (Lipinski definition) is 1. The molecule has 0 amide bonds. The minimum Gasteiger partial charge on any atom is -0.494 e. The molecule has 2 nitrogen and oxygen atoms in total. The summed E-state index contributed by atoms with van der Waals surface area (Å²) < 4.78 is 7.02. The van der Waals surface area contributed by atoms with Crippen LogP contribution in [0.2, 0.25) is 0 Å². The van der Waals surface area contributed by atoms with E-state index in [2.05, 4.69) is 35.1 Å². The molecule has 3 heteroatoms. The normalized spacial score (nSPS) is 17.3. The van der Waals surface area contributed by atoms with E-state index in [-0.39, 0.29) is 0 Å². The lowest BCUT2D eigenvalue weighted by Gasteiger charge is -2.30. The first-order chi connectivity index (χ1) is 10.1. The van der Waals surface area contributed by atoms with E-state index in [9.17, 15) is 0 Å². The van der Waals surface area contributed by atoms with Crippen molar-refractivity contribution in [1.82, 2.24) is 5.32 Å². The van der Waals surface area contributed by atoms with Gasteiger partial charge in [-0.1, -0.05) is 48.7 Å². The van der Waals surface area contributed by atoms with Gasteiger partial charge in [-0.15, -0.1) is 0 Å². The summed E-state index contributed by atoms with van der Waals surface area (Å²) in [7, 11) is 0. The second-order valence-corrected chi connectivity index (χ2v) is 7.70. The Labute approximate surface area is 137 Å². The van der Waals surface area contributed by atoms with Gasteiger partial charge in [0.25, 0.3) is 0 Å². The van der Waals surface area contributed by atoms with E-state index in [1.54, 1.807) is 0 Å². The van der Waals surface area contributed by atoms with E-state index < -0.39 is 0 Å². The lowest BCUT2D eigenvalue weighted by atomic mass is 9.83. The Hall–Kier alpha value is -0.540.